The number of terminal acetylenes is 1. The molecule has 7 nitrogen and oxygen atoms in total. The van der Waals surface area contributed by atoms with E-state index in [1.165, 1.54) is 49.3 Å². The van der Waals surface area contributed by atoms with Gasteiger partial charge in [0.1, 0.15) is 0 Å². The van der Waals surface area contributed by atoms with Gasteiger partial charge < -0.3 is 10.2 Å². The molecule has 1 N–H and O–H groups in total. The van der Waals surface area contributed by atoms with Crippen molar-refractivity contribution in [1.82, 2.24) is 4.90 Å². The van der Waals surface area contributed by atoms with Gasteiger partial charge in [0, 0.05) is 35.9 Å². The maximum atomic E-state index is 13.1. The van der Waals surface area contributed by atoms with Crippen molar-refractivity contribution in [2.24, 2.45) is 0 Å². The number of amides is 2. The van der Waals surface area contributed by atoms with E-state index in [1.807, 2.05) is 0 Å². The molecule has 174 valence electrons. The first kappa shape index (κ1) is 24.8. The van der Waals surface area contributed by atoms with Crippen LogP contribution in [0.25, 0.3) is 0 Å². The molecule has 0 bridgehead atoms. The van der Waals surface area contributed by atoms with Crippen molar-refractivity contribution in [3.8, 4) is 12.3 Å². The molecular formula is C25H22ClN3O4S. The van der Waals surface area contributed by atoms with Crippen molar-refractivity contribution in [2.45, 2.75) is 4.90 Å². The summed E-state index contributed by atoms with van der Waals surface area (Å²) in [5, 5.41) is 3.08. The minimum absolute atomic E-state index is 0.0650. The molecule has 0 fully saturated rings. The molecule has 0 saturated heterocycles. The van der Waals surface area contributed by atoms with Crippen LogP contribution in [0.1, 0.15) is 15.9 Å². The Hall–Kier alpha value is -3.80. The van der Waals surface area contributed by atoms with Crippen LogP contribution < -0.4 is 9.62 Å². The topological polar surface area (TPSA) is 86.8 Å². The van der Waals surface area contributed by atoms with Crippen LogP contribution in [0.4, 0.5) is 11.4 Å². The second-order valence-corrected chi connectivity index (χ2v) is 9.82. The van der Waals surface area contributed by atoms with Gasteiger partial charge in [-0.2, -0.15) is 0 Å². The van der Waals surface area contributed by atoms with Crippen LogP contribution in [0, 0.1) is 12.3 Å². The highest BCUT2D eigenvalue weighted by Crippen LogP contribution is 2.25. The van der Waals surface area contributed by atoms with Gasteiger partial charge in [0.2, 0.25) is 5.91 Å². The van der Waals surface area contributed by atoms with E-state index in [4.69, 9.17) is 18.0 Å². The molecule has 9 heteroatoms. The second kappa shape index (κ2) is 10.4. The molecule has 2 amide bonds. The van der Waals surface area contributed by atoms with E-state index in [1.54, 1.807) is 42.5 Å². The third kappa shape index (κ3) is 5.76. The molecule has 0 aliphatic heterocycles. The summed E-state index contributed by atoms with van der Waals surface area (Å²) in [5.74, 6) is 1.56. The first-order chi connectivity index (χ1) is 16.1. The lowest BCUT2D eigenvalue weighted by Crippen LogP contribution is -2.35. The molecule has 0 aliphatic rings. The molecule has 3 aromatic carbocycles. The lowest BCUT2D eigenvalue weighted by molar-refractivity contribution is -0.116. The van der Waals surface area contributed by atoms with Crippen LogP contribution in [-0.2, 0) is 14.8 Å². The molecule has 34 heavy (non-hydrogen) atoms. The highest BCUT2D eigenvalue weighted by molar-refractivity contribution is 7.92. The number of anilines is 2. The van der Waals surface area contributed by atoms with E-state index in [2.05, 4.69) is 11.2 Å². The lowest BCUT2D eigenvalue weighted by Gasteiger charge is -2.21. The van der Waals surface area contributed by atoms with Crippen molar-refractivity contribution in [3.05, 3.63) is 88.9 Å². The Morgan fingerprint density at radius 3 is 2.41 bits per heavy atom. The van der Waals surface area contributed by atoms with Gasteiger partial charge in [0.25, 0.3) is 15.9 Å². The lowest BCUT2D eigenvalue weighted by atomic mass is 10.2. The van der Waals surface area contributed by atoms with Gasteiger partial charge in [0.05, 0.1) is 17.1 Å². The number of sulfonamides is 1. The van der Waals surface area contributed by atoms with Crippen molar-refractivity contribution in [3.63, 3.8) is 0 Å². The molecule has 0 heterocycles. The Morgan fingerprint density at radius 1 is 1.00 bits per heavy atom. The monoisotopic (exact) mass is 495 g/mol. The summed E-state index contributed by atoms with van der Waals surface area (Å²) in [7, 11) is -1.09. The Labute approximate surface area is 204 Å². The molecule has 0 saturated carbocycles. The molecule has 0 unspecified atom stereocenters. The number of nitrogens with zero attached hydrogens (tertiary/aromatic N) is 2. The number of nitrogens with one attached hydrogen (secondary N) is 1. The zero-order valence-corrected chi connectivity index (χ0v) is 20.1. The smallest absolute Gasteiger partial charge is 0.264 e. The normalized spacial score (nSPS) is 10.8. The van der Waals surface area contributed by atoms with E-state index in [0.717, 1.165) is 4.31 Å². The molecule has 0 spiro atoms. The summed E-state index contributed by atoms with van der Waals surface area (Å²) >= 11 is 5.98. The Balaban J connectivity index is 1.74. The highest BCUT2D eigenvalue weighted by Gasteiger charge is 2.24. The van der Waals surface area contributed by atoms with Gasteiger partial charge in [-0.25, -0.2) is 8.42 Å². The highest BCUT2D eigenvalue weighted by atomic mass is 35.5. The number of rotatable bonds is 7. The number of hydrogen-bond donors (Lipinski definition) is 1. The van der Waals surface area contributed by atoms with E-state index < -0.39 is 21.8 Å². The van der Waals surface area contributed by atoms with Crippen molar-refractivity contribution in [2.75, 3.05) is 30.3 Å². The first-order valence-corrected chi connectivity index (χ1v) is 11.9. The van der Waals surface area contributed by atoms with Gasteiger partial charge in [-0.3, -0.25) is 13.9 Å². The fourth-order valence-electron chi connectivity index (χ4n) is 3.15. The fraction of sp³-hybridized carbons (Fsp3) is 0.120. The largest absolute Gasteiger partial charge is 0.332 e. The minimum atomic E-state index is -3.95. The van der Waals surface area contributed by atoms with Gasteiger partial charge in [-0.05, 0) is 54.6 Å². The molecule has 0 aliphatic carbocycles. The standard InChI is InChI=1S/C25H22ClN3O4S/c1-4-18-8-5-11-21(14-18)27-24(30)17-28(2)25(31)19-9-6-13-23(15-19)34(32,33)29(3)22-12-7-10-20(26)16-22/h1,5-16H,17H2,2-3H3,(H,27,30). The SMILES string of the molecule is C#Cc1cccc(NC(=O)CN(C)C(=O)c2cccc(S(=O)(=O)N(C)c3cccc(Cl)c3)c2)c1. The van der Waals surface area contributed by atoms with Crippen LogP contribution in [0.2, 0.25) is 5.02 Å². The van der Waals surface area contributed by atoms with Crippen LogP contribution in [0.3, 0.4) is 0 Å². The summed E-state index contributed by atoms with van der Waals surface area (Å²) in [6.07, 6.45) is 5.37. The summed E-state index contributed by atoms with van der Waals surface area (Å²) in [6.45, 7) is -0.238. The number of halogens is 1. The average molecular weight is 496 g/mol. The summed E-state index contributed by atoms with van der Waals surface area (Å²) in [6, 6.07) is 18.9. The molecule has 0 atom stereocenters. The van der Waals surface area contributed by atoms with E-state index in [0.29, 0.717) is 22.0 Å². The zero-order chi connectivity index (χ0) is 24.9. The van der Waals surface area contributed by atoms with Crippen molar-refractivity contribution in [1.29, 1.82) is 0 Å². The van der Waals surface area contributed by atoms with E-state index in [-0.39, 0.29) is 17.0 Å². The molecular weight excluding hydrogens is 474 g/mol. The number of carbonyl (C=O) groups excluding carboxylic acids is 2. The number of benzene rings is 3. The van der Waals surface area contributed by atoms with Gasteiger partial charge >= 0.3 is 0 Å². The van der Waals surface area contributed by atoms with Crippen LogP contribution in [-0.4, -0.2) is 45.8 Å². The molecule has 3 aromatic rings. The number of likely N-dealkylation sites (N-methyl/N-ethyl adjacent to an activating group) is 1. The fourth-order valence-corrected chi connectivity index (χ4v) is 4.57. The maximum Gasteiger partial charge on any atom is 0.264 e. The number of carbonyl (C=O) groups is 2. The molecule has 0 aromatic heterocycles. The van der Waals surface area contributed by atoms with Crippen LogP contribution >= 0.6 is 11.6 Å². The third-order valence-corrected chi connectivity index (χ3v) is 6.97. The molecule has 0 radical (unpaired) electrons. The Bertz CT molecular complexity index is 1380. The van der Waals surface area contributed by atoms with Gasteiger partial charge in [-0.1, -0.05) is 35.7 Å². The maximum absolute atomic E-state index is 13.1. The predicted molar refractivity (Wildman–Crippen MR) is 133 cm³/mol. The molecule has 3 rings (SSSR count). The summed E-state index contributed by atoms with van der Waals surface area (Å²) in [5.41, 5.74) is 1.64. The van der Waals surface area contributed by atoms with Gasteiger partial charge in [-0.15, -0.1) is 6.42 Å². The van der Waals surface area contributed by atoms with Crippen molar-refractivity contribution >= 4 is 44.8 Å². The van der Waals surface area contributed by atoms with Gasteiger partial charge in [0.15, 0.2) is 0 Å². The Kier molecular flexibility index (Phi) is 7.61. The predicted octanol–water partition coefficient (Wildman–Crippen LogP) is 3.86. The first-order valence-electron chi connectivity index (χ1n) is 10.1. The van der Waals surface area contributed by atoms with Crippen molar-refractivity contribution < 1.29 is 18.0 Å². The number of hydrogen-bond acceptors (Lipinski definition) is 4. The summed E-state index contributed by atoms with van der Waals surface area (Å²) in [4.78, 5) is 26.4. The quantitative estimate of drug-likeness (QED) is 0.504. The Morgan fingerprint density at radius 2 is 1.71 bits per heavy atom. The average Bonchev–Trinajstić information content (AvgIpc) is 2.83. The zero-order valence-electron chi connectivity index (χ0n) is 18.5. The minimum Gasteiger partial charge on any atom is -0.332 e. The second-order valence-electron chi connectivity index (χ2n) is 7.41. The van der Waals surface area contributed by atoms with Crippen LogP contribution in [0.15, 0.2) is 77.7 Å². The van der Waals surface area contributed by atoms with Crippen LogP contribution in [0.5, 0.6) is 0 Å². The third-order valence-electron chi connectivity index (χ3n) is 4.95. The summed E-state index contributed by atoms with van der Waals surface area (Å²) < 4.78 is 27.3. The van der Waals surface area contributed by atoms with E-state index in [9.17, 15) is 18.0 Å². The van der Waals surface area contributed by atoms with E-state index >= 15 is 0 Å².